The minimum Gasteiger partial charge on any atom is -0.399 e. The lowest BCUT2D eigenvalue weighted by Crippen LogP contribution is -2.37. The zero-order chi connectivity index (χ0) is 15.5. The van der Waals surface area contributed by atoms with Gasteiger partial charge in [-0.05, 0) is 17.7 Å². The van der Waals surface area contributed by atoms with Crippen molar-refractivity contribution in [2.24, 2.45) is 5.73 Å². The van der Waals surface area contributed by atoms with E-state index in [0.717, 1.165) is 4.31 Å². The van der Waals surface area contributed by atoms with Crippen molar-refractivity contribution in [2.75, 3.05) is 12.3 Å². The number of nitrogens with zero attached hydrogens (tertiary/aromatic N) is 2. The van der Waals surface area contributed by atoms with Gasteiger partial charge < -0.3 is 11.5 Å². The van der Waals surface area contributed by atoms with Crippen LogP contribution in [0.2, 0.25) is 0 Å². The third-order valence-corrected chi connectivity index (χ3v) is 4.51. The second-order valence-corrected chi connectivity index (χ2v) is 6.36. The minimum absolute atomic E-state index is 0.0124. The summed E-state index contributed by atoms with van der Waals surface area (Å²) in [6.45, 7) is -0.441. The molecule has 112 valence electrons. The molecule has 0 atom stereocenters. The van der Waals surface area contributed by atoms with Gasteiger partial charge in [-0.3, -0.25) is 9.89 Å². The van der Waals surface area contributed by atoms with Gasteiger partial charge >= 0.3 is 0 Å². The van der Waals surface area contributed by atoms with E-state index < -0.39 is 22.5 Å². The number of carbonyl (C=O) groups excluding carboxylic acids is 1. The van der Waals surface area contributed by atoms with Crippen LogP contribution in [0.3, 0.4) is 0 Å². The largest absolute Gasteiger partial charge is 0.399 e. The lowest BCUT2D eigenvalue weighted by molar-refractivity contribution is -0.118. The van der Waals surface area contributed by atoms with E-state index in [1.54, 1.807) is 24.3 Å². The molecule has 8 nitrogen and oxygen atoms in total. The number of carbonyl (C=O) groups is 1. The van der Waals surface area contributed by atoms with Gasteiger partial charge in [-0.15, -0.1) is 0 Å². The highest BCUT2D eigenvalue weighted by molar-refractivity contribution is 7.89. The van der Waals surface area contributed by atoms with Crippen molar-refractivity contribution in [2.45, 2.75) is 11.4 Å². The first-order valence-electron chi connectivity index (χ1n) is 6.01. The van der Waals surface area contributed by atoms with Gasteiger partial charge in [0.15, 0.2) is 0 Å². The van der Waals surface area contributed by atoms with Crippen LogP contribution in [-0.2, 0) is 21.4 Å². The Morgan fingerprint density at radius 3 is 2.71 bits per heavy atom. The topological polar surface area (TPSA) is 135 Å². The predicted molar refractivity (Wildman–Crippen MR) is 76.2 cm³/mol. The number of nitrogens with two attached hydrogens (primary N) is 2. The smallest absolute Gasteiger partial charge is 0.246 e. The monoisotopic (exact) mass is 309 g/mol. The molecule has 0 unspecified atom stereocenters. The Morgan fingerprint density at radius 1 is 1.38 bits per heavy atom. The minimum atomic E-state index is -3.87. The first-order chi connectivity index (χ1) is 9.89. The number of anilines is 1. The third kappa shape index (κ3) is 3.58. The molecule has 0 spiro atoms. The first-order valence-corrected chi connectivity index (χ1v) is 7.45. The quantitative estimate of drug-likeness (QED) is 0.628. The van der Waals surface area contributed by atoms with Crippen molar-refractivity contribution < 1.29 is 13.2 Å². The van der Waals surface area contributed by atoms with Crippen LogP contribution < -0.4 is 11.5 Å². The number of rotatable bonds is 6. The zero-order valence-corrected chi connectivity index (χ0v) is 11.9. The Morgan fingerprint density at radius 2 is 2.14 bits per heavy atom. The molecule has 1 aromatic carbocycles. The van der Waals surface area contributed by atoms with Crippen LogP contribution in [0.4, 0.5) is 5.69 Å². The molecule has 2 rings (SSSR count). The van der Waals surface area contributed by atoms with Crippen molar-refractivity contribution in [1.82, 2.24) is 14.5 Å². The second-order valence-electron chi connectivity index (χ2n) is 4.42. The number of amides is 1. The fourth-order valence-electron chi connectivity index (χ4n) is 1.82. The summed E-state index contributed by atoms with van der Waals surface area (Å²) in [7, 11) is -3.87. The third-order valence-electron chi connectivity index (χ3n) is 2.75. The molecule has 1 heterocycles. The molecular weight excluding hydrogens is 294 g/mol. The van der Waals surface area contributed by atoms with Crippen LogP contribution in [0.25, 0.3) is 0 Å². The summed E-state index contributed by atoms with van der Waals surface area (Å²) >= 11 is 0. The van der Waals surface area contributed by atoms with E-state index in [1.807, 2.05) is 0 Å². The Bertz CT molecular complexity index is 727. The van der Waals surface area contributed by atoms with E-state index in [0.29, 0.717) is 11.3 Å². The second kappa shape index (κ2) is 5.94. The highest BCUT2D eigenvalue weighted by Gasteiger charge is 2.27. The summed E-state index contributed by atoms with van der Waals surface area (Å²) < 4.78 is 25.9. The number of aromatic amines is 1. The summed E-state index contributed by atoms with van der Waals surface area (Å²) in [5, 5.41) is 6.03. The molecule has 21 heavy (non-hydrogen) atoms. The maximum Gasteiger partial charge on any atom is 0.246 e. The standard InChI is InChI=1S/C12H15N5O3S/c13-10-3-1-2-9(4-10)7-17(8-12(14)18)21(19,20)11-5-15-16-6-11/h1-6H,7-8,13H2,(H2,14,18)(H,15,16). The molecule has 2 aromatic rings. The summed E-state index contributed by atoms with van der Waals surface area (Å²) in [5.41, 5.74) is 12.0. The van der Waals surface area contributed by atoms with Gasteiger partial charge in [-0.2, -0.15) is 9.40 Å². The van der Waals surface area contributed by atoms with Crippen LogP contribution in [0.5, 0.6) is 0 Å². The Kier molecular flexibility index (Phi) is 4.24. The Labute approximate surface area is 121 Å². The number of benzene rings is 1. The van der Waals surface area contributed by atoms with Crippen molar-refractivity contribution >= 4 is 21.6 Å². The van der Waals surface area contributed by atoms with Crippen LogP contribution in [0, 0.1) is 0 Å². The van der Waals surface area contributed by atoms with Gasteiger partial charge in [0.1, 0.15) is 4.90 Å². The van der Waals surface area contributed by atoms with E-state index in [2.05, 4.69) is 10.2 Å². The lowest BCUT2D eigenvalue weighted by Gasteiger charge is -2.20. The lowest BCUT2D eigenvalue weighted by atomic mass is 10.2. The molecule has 0 saturated carbocycles. The van der Waals surface area contributed by atoms with Crippen molar-refractivity contribution in [3.8, 4) is 0 Å². The molecule has 0 aliphatic carbocycles. The molecule has 0 saturated heterocycles. The SMILES string of the molecule is NC(=O)CN(Cc1cccc(N)c1)S(=O)(=O)c1cn[nH]c1. The molecule has 1 amide bonds. The molecule has 0 aliphatic heterocycles. The molecule has 5 N–H and O–H groups in total. The fraction of sp³-hybridized carbons (Fsp3) is 0.167. The van der Waals surface area contributed by atoms with Crippen LogP contribution in [0.15, 0.2) is 41.6 Å². The van der Waals surface area contributed by atoms with Gasteiger partial charge in [0.25, 0.3) is 0 Å². The number of hydrogen-bond acceptors (Lipinski definition) is 5. The molecule has 9 heteroatoms. The van der Waals surface area contributed by atoms with E-state index in [9.17, 15) is 13.2 Å². The number of nitrogen functional groups attached to an aromatic ring is 1. The number of sulfonamides is 1. The Hall–Kier alpha value is -2.39. The molecule has 0 radical (unpaired) electrons. The summed E-state index contributed by atoms with van der Waals surface area (Å²) in [5.74, 6) is -0.744. The van der Waals surface area contributed by atoms with Crippen molar-refractivity contribution in [3.05, 3.63) is 42.2 Å². The van der Waals surface area contributed by atoms with Crippen LogP contribution >= 0.6 is 0 Å². The van der Waals surface area contributed by atoms with Crippen LogP contribution in [0.1, 0.15) is 5.56 Å². The maximum absolute atomic E-state index is 12.4. The normalized spacial score (nSPS) is 11.7. The average molecular weight is 309 g/mol. The predicted octanol–water partition coefficient (Wildman–Crippen LogP) is -0.332. The van der Waals surface area contributed by atoms with E-state index in [4.69, 9.17) is 11.5 Å². The molecular formula is C12H15N5O3S. The van der Waals surface area contributed by atoms with Gasteiger partial charge in [-0.25, -0.2) is 8.42 Å². The van der Waals surface area contributed by atoms with Crippen molar-refractivity contribution in [1.29, 1.82) is 0 Å². The van der Waals surface area contributed by atoms with Crippen LogP contribution in [-0.4, -0.2) is 35.4 Å². The van der Waals surface area contributed by atoms with Gasteiger partial charge in [-0.1, -0.05) is 12.1 Å². The van der Waals surface area contributed by atoms with E-state index in [1.165, 1.54) is 12.4 Å². The Balaban J connectivity index is 2.33. The molecule has 0 aliphatic rings. The number of aromatic nitrogens is 2. The summed E-state index contributed by atoms with van der Waals surface area (Å²) in [4.78, 5) is 11.1. The van der Waals surface area contributed by atoms with Gasteiger partial charge in [0, 0.05) is 18.4 Å². The summed E-state index contributed by atoms with van der Waals surface area (Å²) in [6, 6.07) is 6.75. The average Bonchev–Trinajstić information content (AvgIpc) is 2.92. The maximum atomic E-state index is 12.4. The molecule has 0 fully saturated rings. The number of nitrogens with one attached hydrogen (secondary N) is 1. The van der Waals surface area contributed by atoms with E-state index >= 15 is 0 Å². The van der Waals surface area contributed by atoms with Gasteiger partial charge in [0.05, 0.1) is 12.7 Å². The fourth-order valence-corrected chi connectivity index (χ4v) is 3.13. The van der Waals surface area contributed by atoms with Crippen molar-refractivity contribution in [3.63, 3.8) is 0 Å². The highest BCUT2D eigenvalue weighted by atomic mass is 32.2. The number of hydrogen-bond donors (Lipinski definition) is 3. The zero-order valence-electron chi connectivity index (χ0n) is 11.1. The molecule has 1 aromatic heterocycles. The highest BCUT2D eigenvalue weighted by Crippen LogP contribution is 2.18. The van der Waals surface area contributed by atoms with Gasteiger partial charge in [0.2, 0.25) is 15.9 Å². The molecule has 0 bridgehead atoms. The van der Waals surface area contributed by atoms with E-state index in [-0.39, 0.29) is 11.4 Å². The number of H-pyrrole nitrogens is 1. The number of primary amides is 1. The first kappa shape index (κ1) is 15.0. The summed E-state index contributed by atoms with van der Waals surface area (Å²) in [6.07, 6.45) is 2.41.